The van der Waals surface area contributed by atoms with Gasteiger partial charge < -0.3 is 15.4 Å². The van der Waals surface area contributed by atoms with Gasteiger partial charge in [-0.15, -0.1) is 0 Å². The van der Waals surface area contributed by atoms with Crippen molar-refractivity contribution in [1.82, 2.24) is 10.6 Å². The Balaban J connectivity index is 1.52. The lowest BCUT2D eigenvalue weighted by molar-refractivity contribution is -0.127. The molecule has 0 spiro atoms. The summed E-state index contributed by atoms with van der Waals surface area (Å²) in [5.74, 6) is 6.79. The van der Waals surface area contributed by atoms with Crippen LogP contribution in [0.2, 0.25) is 0 Å². The summed E-state index contributed by atoms with van der Waals surface area (Å²) in [4.78, 5) is 23.4. The van der Waals surface area contributed by atoms with Gasteiger partial charge in [-0.3, -0.25) is 9.59 Å². The third-order valence-corrected chi connectivity index (χ3v) is 4.75. The molecule has 0 aliphatic carbocycles. The van der Waals surface area contributed by atoms with Crippen molar-refractivity contribution < 1.29 is 14.3 Å². The Hall–Kier alpha value is -3.26. The number of rotatable bonds is 6. The molecule has 2 unspecified atom stereocenters. The molecule has 5 nitrogen and oxygen atoms in total. The van der Waals surface area contributed by atoms with Gasteiger partial charge >= 0.3 is 0 Å². The number of hydrogen-bond donors (Lipinski definition) is 2. The third-order valence-electron chi connectivity index (χ3n) is 4.75. The zero-order chi connectivity index (χ0) is 20.6. The third kappa shape index (κ3) is 6.11. The van der Waals surface area contributed by atoms with Crippen LogP contribution in [0.15, 0.2) is 48.5 Å². The molecule has 5 heteroatoms. The molecule has 2 aromatic rings. The van der Waals surface area contributed by atoms with E-state index in [-0.39, 0.29) is 30.2 Å². The minimum Gasteiger partial charge on any atom is -0.494 e. The maximum Gasteiger partial charge on any atom is 0.225 e. The van der Waals surface area contributed by atoms with Gasteiger partial charge in [0.2, 0.25) is 11.8 Å². The van der Waals surface area contributed by atoms with Gasteiger partial charge in [-0.2, -0.15) is 0 Å². The second-order valence-corrected chi connectivity index (χ2v) is 7.22. The van der Waals surface area contributed by atoms with Crippen LogP contribution in [0, 0.1) is 17.8 Å². The van der Waals surface area contributed by atoms with E-state index < -0.39 is 0 Å². The monoisotopic (exact) mass is 390 g/mol. The maximum absolute atomic E-state index is 12.2. The lowest BCUT2D eigenvalue weighted by atomic mass is 10.0. The first-order valence-electron chi connectivity index (χ1n) is 9.94. The van der Waals surface area contributed by atoms with Crippen LogP contribution in [0.1, 0.15) is 37.0 Å². The number of hydrogen-bond acceptors (Lipinski definition) is 3. The number of carbonyl (C=O) groups excluding carboxylic acids is 2. The largest absolute Gasteiger partial charge is 0.494 e. The maximum atomic E-state index is 12.2. The summed E-state index contributed by atoms with van der Waals surface area (Å²) >= 11 is 0. The predicted octanol–water partition coefficient (Wildman–Crippen LogP) is 2.67. The van der Waals surface area contributed by atoms with E-state index in [0.717, 1.165) is 28.9 Å². The van der Waals surface area contributed by atoms with Gasteiger partial charge in [-0.1, -0.05) is 24.0 Å². The lowest BCUT2D eigenvalue weighted by Crippen LogP contribution is -2.39. The van der Waals surface area contributed by atoms with Gasteiger partial charge in [0, 0.05) is 30.1 Å². The molecule has 3 rings (SSSR count). The van der Waals surface area contributed by atoms with E-state index in [0.29, 0.717) is 13.2 Å². The first kappa shape index (κ1) is 20.5. The summed E-state index contributed by atoms with van der Waals surface area (Å²) < 4.78 is 5.43. The Labute approximate surface area is 171 Å². The molecule has 2 aromatic carbocycles. The van der Waals surface area contributed by atoms with Crippen LogP contribution in [-0.4, -0.2) is 31.0 Å². The van der Waals surface area contributed by atoms with Crippen molar-refractivity contribution in [3.05, 3.63) is 65.2 Å². The van der Waals surface area contributed by atoms with Crippen LogP contribution in [0.3, 0.4) is 0 Å². The van der Waals surface area contributed by atoms with Crippen molar-refractivity contribution in [3.63, 3.8) is 0 Å². The molecule has 2 N–H and O–H groups in total. The summed E-state index contributed by atoms with van der Waals surface area (Å²) in [6, 6.07) is 15.8. The van der Waals surface area contributed by atoms with Gasteiger partial charge in [-0.05, 0) is 62.2 Å². The quantitative estimate of drug-likeness (QED) is 0.746. The molecule has 1 heterocycles. The van der Waals surface area contributed by atoms with Crippen molar-refractivity contribution in [2.45, 2.75) is 32.7 Å². The van der Waals surface area contributed by atoms with E-state index in [1.54, 1.807) is 0 Å². The molecule has 0 radical (unpaired) electrons. The number of ether oxygens (including phenoxy) is 1. The van der Waals surface area contributed by atoms with Crippen LogP contribution in [0.5, 0.6) is 5.75 Å². The Morgan fingerprint density at radius 1 is 1.14 bits per heavy atom. The van der Waals surface area contributed by atoms with E-state index in [9.17, 15) is 9.59 Å². The molecule has 0 saturated carbocycles. The summed E-state index contributed by atoms with van der Waals surface area (Å²) in [6.07, 6.45) is 1.01. The van der Waals surface area contributed by atoms with Crippen molar-refractivity contribution in [2.75, 3.05) is 13.2 Å². The van der Waals surface area contributed by atoms with Crippen molar-refractivity contribution in [2.24, 2.45) is 5.92 Å². The number of nitrogens with one attached hydrogen (secondary N) is 2. The van der Waals surface area contributed by atoms with Crippen LogP contribution < -0.4 is 15.4 Å². The fraction of sp³-hybridized carbons (Fsp3) is 0.333. The van der Waals surface area contributed by atoms with Gasteiger partial charge in [0.15, 0.2) is 0 Å². The molecule has 1 aliphatic rings. The van der Waals surface area contributed by atoms with E-state index in [1.807, 2.05) is 62.4 Å². The second kappa shape index (κ2) is 9.79. The molecule has 2 amide bonds. The highest BCUT2D eigenvalue weighted by molar-refractivity contribution is 5.89. The van der Waals surface area contributed by atoms with Crippen molar-refractivity contribution >= 4 is 11.8 Å². The Morgan fingerprint density at radius 2 is 1.76 bits per heavy atom. The van der Waals surface area contributed by atoms with Crippen LogP contribution in [-0.2, 0) is 16.0 Å². The fourth-order valence-electron chi connectivity index (χ4n) is 3.23. The van der Waals surface area contributed by atoms with Crippen LogP contribution in [0.4, 0.5) is 0 Å². The number of benzene rings is 2. The average Bonchev–Trinajstić information content (AvgIpc) is 3.15. The van der Waals surface area contributed by atoms with E-state index in [4.69, 9.17) is 4.74 Å². The molecule has 2 atom stereocenters. The molecular weight excluding hydrogens is 364 g/mol. The standard InChI is InChI=1S/C24H26N2O3/c1-3-29-22-12-10-19(11-13-22)5-4-18-6-8-20(9-7-18)14-17(2)26-24(28)21-15-23(27)25-16-21/h6-13,17,21H,3,14-16H2,1-2H3,(H,25,27)(H,26,28). The average molecular weight is 390 g/mol. The summed E-state index contributed by atoms with van der Waals surface area (Å²) in [5, 5.41) is 5.69. The van der Waals surface area contributed by atoms with Crippen LogP contribution >= 0.6 is 0 Å². The van der Waals surface area contributed by atoms with Gasteiger partial charge in [-0.25, -0.2) is 0 Å². The lowest BCUT2D eigenvalue weighted by Gasteiger charge is -2.16. The normalized spacial score (nSPS) is 16.3. The van der Waals surface area contributed by atoms with Crippen molar-refractivity contribution in [3.8, 4) is 17.6 Å². The highest BCUT2D eigenvalue weighted by Gasteiger charge is 2.28. The molecule has 150 valence electrons. The smallest absolute Gasteiger partial charge is 0.225 e. The fourth-order valence-corrected chi connectivity index (χ4v) is 3.23. The van der Waals surface area contributed by atoms with Gasteiger partial charge in [0.25, 0.3) is 0 Å². The predicted molar refractivity (Wildman–Crippen MR) is 112 cm³/mol. The van der Waals surface area contributed by atoms with E-state index in [2.05, 4.69) is 22.5 Å². The highest BCUT2D eigenvalue weighted by atomic mass is 16.5. The SMILES string of the molecule is CCOc1ccc(C#Cc2ccc(CC(C)NC(=O)C3CNC(=O)C3)cc2)cc1. The molecule has 29 heavy (non-hydrogen) atoms. The van der Waals surface area contributed by atoms with Crippen LogP contribution in [0.25, 0.3) is 0 Å². The molecule has 1 aliphatic heterocycles. The topological polar surface area (TPSA) is 67.4 Å². The number of carbonyl (C=O) groups is 2. The molecule has 1 saturated heterocycles. The van der Waals surface area contributed by atoms with Gasteiger partial charge in [0.05, 0.1) is 12.5 Å². The molecule has 0 aromatic heterocycles. The molecule has 1 fully saturated rings. The van der Waals surface area contributed by atoms with Gasteiger partial charge in [0.1, 0.15) is 5.75 Å². The van der Waals surface area contributed by atoms with Crippen molar-refractivity contribution in [1.29, 1.82) is 0 Å². The Morgan fingerprint density at radius 3 is 2.31 bits per heavy atom. The zero-order valence-electron chi connectivity index (χ0n) is 16.8. The summed E-state index contributed by atoms with van der Waals surface area (Å²) in [7, 11) is 0. The molecular formula is C24H26N2O3. The van der Waals surface area contributed by atoms with E-state index in [1.165, 1.54) is 0 Å². The first-order chi connectivity index (χ1) is 14.0. The first-order valence-corrected chi connectivity index (χ1v) is 9.94. The second-order valence-electron chi connectivity index (χ2n) is 7.22. The minimum absolute atomic E-state index is 0.000935. The minimum atomic E-state index is -0.259. The Bertz CT molecular complexity index is 908. The number of amides is 2. The summed E-state index contributed by atoms with van der Waals surface area (Å²) in [6.45, 7) is 5.01. The van der Waals surface area contributed by atoms with E-state index >= 15 is 0 Å². The zero-order valence-corrected chi connectivity index (χ0v) is 16.8. The highest BCUT2D eigenvalue weighted by Crippen LogP contribution is 2.13. The molecule has 0 bridgehead atoms. The summed E-state index contributed by atoms with van der Waals surface area (Å²) in [5.41, 5.74) is 3.01. The Kier molecular flexibility index (Phi) is 6.91.